The van der Waals surface area contributed by atoms with Crippen molar-refractivity contribution in [2.75, 3.05) is 27.2 Å². The second-order valence-corrected chi connectivity index (χ2v) is 7.06. The van der Waals surface area contributed by atoms with Gasteiger partial charge in [0.05, 0.1) is 11.6 Å². The molecule has 2 heterocycles. The van der Waals surface area contributed by atoms with E-state index in [0.717, 1.165) is 25.7 Å². The third-order valence-electron chi connectivity index (χ3n) is 4.95. The Balaban J connectivity index is 1.73. The summed E-state index contributed by atoms with van der Waals surface area (Å²) in [6, 6.07) is 5.39. The third-order valence-corrected chi connectivity index (χ3v) is 5.55. The normalized spacial score (nSPS) is 26.8. The minimum absolute atomic E-state index is 0.177. The summed E-state index contributed by atoms with van der Waals surface area (Å²) in [5.41, 5.74) is 1.18. The van der Waals surface area contributed by atoms with Crippen molar-refractivity contribution < 1.29 is 9.84 Å². The average molecular weight is 355 g/mol. The molecule has 2 aliphatic rings. The summed E-state index contributed by atoms with van der Waals surface area (Å²) in [4.78, 5) is 5.09. The van der Waals surface area contributed by atoms with Gasteiger partial charge in [0, 0.05) is 31.7 Å². The number of likely N-dealkylation sites (N-methyl/N-ethyl adjacent to an activating group) is 1. The molecule has 2 bridgehead atoms. The van der Waals surface area contributed by atoms with Gasteiger partial charge in [-0.15, -0.1) is 0 Å². The fraction of sp³-hybridized carbons (Fsp3) is 0.625. The molecule has 0 aliphatic carbocycles. The highest BCUT2D eigenvalue weighted by Gasteiger charge is 2.34. The van der Waals surface area contributed by atoms with E-state index < -0.39 is 0 Å². The molecule has 3 rings (SSSR count). The monoisotopic (exact) mass is 354 g/mol. The van der Waals surface area contributed by atoms with E-state index in [4.69, 9.17) is 4.74 Å². The van der Waals surface area contributed by atoms with Crippen LogP contribution in [0.1, 0.15) is 24.8 Å². The number of nitrogens with zero attached hydrogens (tertiary/aromatic N) is 2. The van der Waals surface area contributed by atoms with Gasteiger partial charge in [0.15, 0.2) is 11.5 Å². The quantitative estimate of drug-likeness (QED) is 0.905. The minimum atomic E-state index is 0.177. The number of rotatable bonds is 3. The van der Waals surface area contributed by atoms with Crippen molar-refractivity contribution in [2.24, 2.45) is 0 Å². The molecule has 116 valence electrons. The maximum Gasteiger partial charge on any atom is 0.172 e. The molecule has 2 atom stereocenters. The van der Waals surface area contributed by atoms with Crippen LogP contribution < -0.4 is 4.74 Å². The van der Waals surface area contributed by atoms with Crippen LogP contribution in [-0.2, 0) is 6.54 Å². The van der Waals surface area contributed by atoms with Gasteiger partial charge >= 0.3 is 0 Å². The first-order chi connectivity index (χ1) is 10.1. The highest BCUT2D eigenvalue weighted by atomic mass is 79.9. The molecule has 0 radical (unpaired) electrons. The van der Waals surface area contributed by atoms with Gasteiger partial charge in [-0.05, 0) is 59.9 Å². The second kappa shape index (κ2) is 6.15. The predicted octanol–water partition coefficient (Wildman–Crippen LogP) is 2.83. The van der Waals surface area contributed by atoms with Crippen LogP contribution in [0.15, 0.2) is 16.6 Å². The number of methoxy groups -OCH3 is 1. The lowest BCUT2D eigenvalue weighted by molar-refractivity contribution is 0.214. The maximum absolute atomic E-state index is 9.90. The summed E-state index contributed by atoms with van der Waals surface area (Å²) < 4.78 is 5.94. The number of fused-ring (bicyclic) bond motifs is 2. The molecule has 1 aromatic rings. The van der Waals surface area contributed by atoms with Gasteiger partial charge in [-0.1, -0.05) is 0 Å². The van der Waals surface area contributed by atoms with Crippen LogP contribution in [0.3, 0.4) is 0 Å². The lowest BCUT2D eigenvalue weighted by atomic mass is 10.1. The van der Waals surface area contributed by atoms with Crippen molar-refractivity contribution in [3.8, 4) is 11.5 Å². The Morgan fingerprint density at radius 3 is 2.81 bits per heavy atom. The number of halogens is 1. The van der Waals surface area contributed by atoms with Gasteiger partial charge in [-0.3, -0.25) is 9.80 Å². The predicted molar refractivity (Wildman–Crippen MR) is 86.8 cm³/mol. The number of hydrogen-bond acceptors (Lipinski definition) is 4. The van der Waals surface area contributed by atoms with Gasteiger partial charge in [-0.25, -0.2) is 0 Å². The first-order valence-electron chi connectivity index (χ1n) is 7.58. The zero-order chi connectivity index (χ0) is 15.0. The van der Waals surface area contributed by atoms with E-state index in [9.17, 15) is 5.11 Å². The number of benzene rings is 1. The van der Waals surface area contributed by atoms with Gasteiger partial charge in [0.25, 0.3) is 0 Å². The summed E-state index contributed by atoms with van der Waals surface area (Å²) in [6.07, 6.45) is 3.93. The molecule has 2 unspecified atom stereocenters. The largest absolute Gasteiger partial charge is 0.503 e. The zero-order valence-corrected chi connectivity index (χ0v) is 14.3. The highest BCUT2D eigenvalue weighted by Crippen LogP contribution is 2.36. The minimum Gasteiger partial charge on any atom is -0.503 e. The van der Waals surface area contributed by atoms with E-state index in [-0.39, 0.29) is 5.75 Å². The lowest BCUT2D eigenvalue weighted by Gasteiger charge is -2.26. The van der Waals surface area contributed by atoms with Gasteiger partial charge in [0.1, 0.15) is 0 Å². The Morgan fingerprint density at radius 1 is 1.29 bits per heavy atom. The van der Waals surface area contributed by atoms with Gasteiger partial charge in [0.2, 0.25) is 0 Å². The van der Waals surface area contributed by atoms with Crippen molar-refractivity contribution >= 4 is 15.9 Å². The fourth-order valence-electron chi connectivity index (χ4n) is 3.66. The molecule has 0 amide bonds. The number of phenols is 1. The number of aromatic hydroxyl groups is 1. The molecular weight excluding hydrogens is 332 g/mol. The molecule has 0 saturated carbocycles. The third kappa shape index (κ3) is 3.05. The van der Waals surface area contributed by atoms with Crippen LogP contribution in [0.5, 0.6) is 11.5 Å². The number of ether oxygens (including phenoxy) is 1. The van der Waals surface area contributed by atoms with Crippen LogP contribution in [0.4, 0.5) is 0 Å². The summed E-state index contributed by atoms with van der Waals surface area (Å²) >= 11 is 3.40. The van der Waals surface area contributed by atoms with Crippen LogP contribution >= 0.6 is 15.9 Å². The Kier molecular flexibility index (Phi) is 4.43. The standard InChI is InChI=1S/C16H23BrN2O2/c1-18-12-3-4-13(18)10-19(6-5-12)9-11-7-14(17)16(20)15(8-11)21-2/h7-8,12-13,20H,3-6,9-10H2,1-2H3. The van der Waals surface area contributed by atoms with Crippen molar-refractivity contribution in [3.63, 3.8) is 0 Å². The molecule has 2 fully saturated rings. The topological polar surface area (TPSA) is 35.9 Å². The van der Waals surface area contributed by atoms with Crippen LogP contribution in [-0.4, -0.2) is 54.2 Å². The van der Waals surface area contributed by atoms with E-state index in [0.29, 0.717) is 16.3 Å². The van der Waals surface area contributed by atoms with E-state index in [1.165, 1.54) is 24.8 Å². The first kappa shape index (κ1) is 15.1. The molecule has 21 heavy (non-hydrogen) atoms. The average Bonchev–Trinajstić information content (AvgIpc) is 2.71. The van der Waals surface area contributed by atoms with E-state index in [1.807, 2.05) is 12.1 Å². The molecular formula is C16H23BrN2O2. The van der Waals surface area contributed by atoms with E-state index in [2.05, 4.69) is 32.8 Å². The molecule has 0 spiro atoms. The Hall–Kier alpha value is -0.780. The Bertz CT molecular complexity index is 523. The van der Waals surface area contributed by atoms with E-state index in [1.54, 1.807) is 7.11 Å². The van der Waals surface area contributed by atoms with E-state index >= 15 is 0 Å². The smallest absolute Gasteiger partial charge is 0.172 e. The van der Waals surface area contributed by atoms with Gasteiger partial charge in [-0.2, -0.15) is 0 Å². The summed E-state index contributed by atoms with van der Waals surface area (Å²) in [6.45, 7) is 3.19. The van der Waals surface area contributed by atoms with Crippen LogP contribution in [0.2, 0.25) is 0 Å². The molecule has 2 aliphatic heterocycles. The summed E-state index contributed by atoms with van der Waals surface area (Å²) in [5.74, 6) is 0.712. The van der Waals surface area contributed by atoms with Crippen LogP contribution in [0.25, 0.3) is 0 Å². The lowest BCUT2D eigenvalue weighted by Crippen LogP contribution is -2.36. The van der Waals surface area contributed by atoms with Crippen molar-refractivity contribution in [3.05, 3.63) is 22.2 Å². The molecule has 4 nitrogen and oxygen atoms in total. The molecule has 2 saturated heterocycles. The Labute approximate surface area is 134 Å². The number of phenolic OH excluding ortho intramolecular Hbond substituents is 1. The molecule has 1 N–H and O–H groups in total. The van der Waals surface area contributed by atoms with Crippen molar-refractivity contribution in [1.29, 1.82) is 0 Å². The fourth-order valence-corrected chi connectivity index (χ4v) is 4.14. The number of hydrogen-bond donors (Lipinski definition) is 1. The molecule has 0 aromatic heterocycles. The summed E-state index contributed by atoms with van der Waals surface area (Å²) in [7, 11) is 3.86. The second-order valence-electron chi connectivity index (χ2n) is 6.20. The zero-order valence-electron chi connectivity index (χ0n) is 12.7. The highest BCUT2D eigenvalue weighted by molar-refractivity contribution is 9.10. The maximum atomic E-state index is 9.90. The molecule has 1 aromatic carbocycles. The number of likely N-dealkylation sites (tertiary alicyclic amines) is 1. The van der Waals surface area contributed by atoms with Gasteiger partial charge < -0.3 is 9.84 Å². The van der Waals surface area contributed by atoms with Crippen molar-refractivity contribution in [2.45, 2.75) is 37.9 Å². The SMILES string of the molecule is COc1cc(CN2CCC3CCC(C2)N3C)cc(Br)c1O. The van der Waals surface area contributed by atoms with Crippen molar-refractivity contribution in [1.82, 2.24) is 9.80 Å². The molecule has 5 heteroatoms. The van der Waals surface area contributed by atoms with Crippen LogP contribution in [0, 0.1) is 0 Å². The Morgan fingerprint density at radius 2 is 2.05 bits per heavy atom. The first-order valence-corrected chi connectivity index (χ1v) is 8.37. The summed E-state index contributed by atoms with van der Waals surface area (Å²) in [5, 5.41) is 9.90.